The number of carbonyl (C=O) groups excluding carboxylic acids is 1. The Morgan fingerprint density at radius 1 is 1.25 bits per heavy atom. The molecule has 2 aromatic carbocycles. The highest BCUT2D eigenvalue weighted by Crippen LogP contribution is 2.26. The summed E-state index contributed by atoms with van der Waals surface area (Å²) < 4.78 is 5.88. The number of carbonyl (C=O) groups is 1. The minimum atomic E-state index is -0.0849. The number of ketones is 1. The summed E-state index contributed by atoms with van der Waals surface area (Å²) in [5.74, 6) is 0.364. The molecular weight excluding hydrogens is 320 g/mol. The van der Waals surface area contributed by atoms with Crippen LogP contribution in [0, 0.1) is 0 Å². The zero-order valence-electron chi connectivity index (χ0n) is 10.8. The number of phenols is 1. The summed E-state index contributed by atoms with van der Waals surface area (Å²) >= 11 is 3.33. The number of ether oxygens (including phenoxy) is 1. The van der Waals surface area contributed by atoms with Gasteiger partial charge in [-0.1, -0.05) is 40.2 Å². The lowest BCUT2D eigenvalue weighted by Crippen LogP contribution is -1.93. The lowest BCUT2D eigenvalue weighted by Gasteiger charge is -2.03. The van der Waals surface area contributed by atoms with Crippen molar-refractivity contribution in [2.45, 2.75) is 0 Å². The monoisotopic (exact) mass is 332 g/mol. The Morgan fingerprint density at radius 3 is 2.75 bits per heavy atom. The van der Waals surface area contributed by atoms with E-state index < -0.39 is 0 Å². The summed E-state index contributed by atoms with van der Waals surface area (Å²) in [7, 11) is 1.48. The average molecular weight is 333 g/mol. The molecule has 0 saturated carbocycles. The van der Waals surface area contributed by atoms with Crippen LogP contribution in [0.5, 0.6) is 11.5 Å². The van der Waals surface area contributed by atoms with E-state index in [9.17, 15) is 9.90 Å². The van der Waals surface area contributed by atoms with Gasteiger partial charge in [0.05, 0.1) is 7.11 Å². The third kappa shape index (κ3) is 3.48. The molecule has 0 aliphatic heterocycles. The van der Waals surface area contributed by atoms with E-state index in [0.29, 0.717) is 11.3 Å². The molecule has 2 rings (SSSR count). The first-order chi connectivity index (χ1) is 9.60. The van der Waals surface area contributed by atoms with Gasteiger partial charge in [0.15, 0.2) is 17.3 Å². The molecule has 1 N–H and O–H groups in total. The second-order valence-corrected chi connectivity index (χ2v) is 5.05. The molecule has 0 amide bonds. The Kier molecular flexibility index (Phi) is 4.58. The first-order valence-electron chi connectivity index (χ1n) is 5.95. The van der Waals surface area contributed by atoms with Crippen LogP contribution in [0.15, 0.2) is 53.0 Å². The molecule has 0 unspecified atom stereocenters. The average Bonchev–Trinajstić information content (AvgIpc) is 2.46. The lowest BCUT2D eigenvalue weighted by molar-refractivity contribution is 0.104. The highest BCUT2D eigenvalue weighted by Gasteiger charge is 2.03. The van der Waals surface area contributed by atoms with Crippen LogP contribution in [0.2, 0.25) is 0 Å². The maximum Gasteiger partial charge on any atom is 0.185 e. The number of rotatable bonds is 4. The summed E-state index contributed by atoms with van der Waals surface area (Å²) in [5, 5.41) is 9.50. The van der Waals surface area contributed by atoms with Crippen LogP contribution >= 0.6 is 15.9 Å². The molecule has 0 aliphatic carbocycles. The molecule has 0 atom stereocenters. The zero-order chi connectivity index (χ0) is 14.5. The maximum atomic E-state index is 12.0. The molecule has 0 saturated heterocycles. The fourth-order valence-electron chi connectivity index (χ4n) is 1.71. The number of hydrogen-bond acceptors (Lipinski definition) is 3. The molecule has 0 fully saturated rings. The maximum absolute atomic E-state index is 12.0. The standard InChI is InChI=1S/C16H13BrO3/c1-20-16-9-11(6-8-15(16)19)5-7-14(18)12-3-2-4-13(17)10-12/h2-10,19H,1H3. The van der Waals surface area contributed by atoms with Crippen molar-refractivity contribution in [3.05, 3.63) is 64.1 Å². The van der Waals surface area contributed by atoms with Crippen LogP contribution < -0.4 is 4.74 Å². The number of hydrogen-bond donors (Lipinski definition) is 1. The third-order valence-corrected chi connectivity index (χ3v) is 3.23. The molecule has 0 spiro atoms. The number of halogens is 1. The molecule has 0 aliphatic rings. The van der Waals surface area contributed by atoms with Crippen LogP contribution in [-0.4, -0.2) is 18.0 Å². The van der Waals surface area contributed by atoms with Crippen LogP contribution in [0.25, 0.3) is 6.08 Å². The van der Waals surface area contributed by atoms with Gasteiger partial charge in [-0.3, -0.25) is 4.79 Å². The van der Waals surface area contributed by atoms with Gasteiger partial charge in [-0.2, -0.15) is 0 Å². The number of phenolic OH excluding ortho intramolecular Hbond substituents is 1. The van der Waals surface area contributed by atoms with Crippen molar-refractivity contribution in [1.82, 2.24) is 0 Å². The van der Waals surface area contributed by atoms with Crippen LogP contribution in [-0.2, 0) is 0 Å². The summed E-state index contributed by atoms with van der Waals surface area (Å²) in [6, 6.07) is 12.1. The fourth-order valence-corrected chi connectivity index (χ4v) is 2.11. The van der Waals surface area contributed by atoms with Gasteiger partial charge in [0, 0.05) is 10.0 Å². The van der Waals surface area contributed by atoms with Crippen molar-refractivity contribution in [2.24, 2.45) is 0 Å². The van der Waals surface area contributed by atoms with E-state index in [-0.39, 0.29) is 11.5 Å². The van der Waals surface area contributed by atoms with E-state index in [2.05, 4.69) is 15.9 Å². The van der Waals surface area contributed by atoms with Crippen molar-refractivity contribution >= 4 is 27.8 Å². The Bertz CT molecular complexity index is 663. The molecule has 0 aromatic heterocycles. The lowest BCUT2D eigenvalue weighted by atomic mass is 10.1. The van der Waals surface area contributed by atoms with Crippen LogP contribution in [0.3, 0.4) is 0 Å². The molecule has 0 radical (unpaired) electrons. The van der Waals surface area contributed by atoms with Crippen molar-refractivity contribution in [2.75, 3.05) is 7.11 Å². The van der Waals surface area contributed by atoms with Crippen molar-refractivity contribution in [3.8, 4) is 11.5 Å². The summed E-state index contributed by atoms with van der Waals surface area (Å²) in [6.07, 6.45) is 3.18. The van der Waals surface area contributed by atoms with E-state index in [4.69, 9.17) is 4.74 Å². The van der Waals surface area contributed by atoms with E-state index in [1.54, 1.807) is 30.3 Å². The van der Waals surface area contributed by atoms with E-state index >= 15 is 0 Å². The van der Waals surface area contributed by atoms with Gasteiger partial charge in [0.25, 0.3) is 0 Å². The first-order valence-corrected chi connectivity index (χ1v) is 6.74. The molecule has 102 valence electrons. The van der Waals surface area contributed by atoms with Gasteiger partial charge in [-0.25, -0.2) is 0 Å². The Morgan fingerprint density at radius 2 is 2.05 bits per heavy atom. The number of allylic oxidation sites excluding steroid dienone is 1. The third-order valence-electron chi connectivity index (χ3n) is 2.74. The van der Waals surface area contributed by atoms with Gasteiger partial charge < -0.3 is 9.84 Å². The molecule has 3 nitrogen and oxygen atoms in total. The van der Waals surface area contributed by atoms with Gasteiger partial charge in [0.1, 0.15) is 0 Å². The summed E-state index contributed by atoms with van der Waals surface area (Å²) in [5.41, 5.74) is 1.39. The Hall–Kier alpha value is -2.07. The predicted molar refractivity (Wildman–Crippen MR) is 82.2 cm³/mol. The van der Waals surface area contributed by atoms with Gasteiger partial charge in [-0.15, -0.1) is 0 Å². The second kappa shape index (κ2) is 6.39. The largest absolute Gasteiger partial charge is 0.504 e. The van der Waals surface area contributed by atoms with E-state index in [1.165, 1.54) is 19.3 Å². The van der Waals surface area contributed by atoms with Crippen molar-refractivity contribution < 1.29 is 14.6 Å². The molecule has 20 heavy (non-hydrogen) atoms. The number of aromatic hydroxyl groups is 1. The Balaban J connectivity index is 2.19. The van der Waals surface area contributed by atoms with Crippen molar-refractivity contribution in [3.63, 3.8) is 0 Å². The van der Waals surface area contributed by atoms with E-state index in [1.807, 2.05) is 12.1 Å². The second-order valence-electron chi connectivity index (χ2n) is 4.14. The SMILES string of the molecule is COc1cc(C=CC(=O)c2cccc(Br)c2)ccc1O. The highest BCUT2D eigenvalue weighted by atomic mass is 79.9. The molecular formula is C16H13BrO3. The molecule has 0 heterocycles. The summed E-state index contributed by atoms with van der Waals surface area (Å²) in [6.45, 7) is 0. The fraction of sp³-hybridized carbons (Fsp3) is 0.0625. The van der Waals surface area contributed by atoms with Crippen LogP contribution in [0.1, 0.15) is 15.9 Å². The minimum Gasteiger partial charge on any atom is -0.504 e. The molecule has 4 heteroatoms. The Labute approximate surface area is 125 Å². The molecule has 0 bridgehead atoms. The first kappa shape index (κ1) is 14.3. The van der Waals surface area contributed by atoms with E-state index in [0.717, 1.165) is 10.0 Å². The number of methoxy groups -OCH3 is 1. The topological polar surface area (TPSA) is 46.5 Å². The minimum absolute atomic E-state index is 0.0722. The van der Waals surface area contributed by atoms with Gasteiger partial charge in [0.2, 0.25) is 0 Å². The van der Waals surface area contributed by atoms with Crippen molar-refractivity contribution in [1.29, 1.82) is 0 Å². The normalized spacial score (nSPS) is 10.7. The zero-order valence-corrected chi connectivity index (χ0v) is 12.4. The number of benzene rings is 2. The highest BCUT2D eigenvalue weighted by molar-refractivity contribution is 9.10. The smallest absolute Gasteiger partial charge is 0.185 e. The van der Waals surface area contributed by atoms with Gasteiger partial charge in [-0.05, 0) is 35.9 Å². The van der Waals surface area contributed by atoms with Crippen LogP contribution in [0.4, 0.5) is 0 Å². The quantitative estimate of drug-likeness (QED) is 0.678. The molecule has 2 aromatic rings. The van der Waals surface area contributed by atoms with Gasteiger partial charge >= 0.3 is 0 Å². The predicted octanol–water partition coefficient (Wildman–Crippen LogP) is 4.06. The summed E-state index contributed by atoms with van der Waals surface area (Å²) in [4.78, 5) is 12.0.